The molecule has 4 heteroatoms. The van der Waals surface area contributed by atoms with E-state index in [9.17, 15) is 8.78 Å². The van der Waals surface area contributed by atoms with Crippen LogP contribution in [0, 0.1) is 43.2 Å². The van der Waals surface area contributed by atoms with Crippen molar-refractivity contribution in [3.8, 4) is 11.4 Å². The summed E-state index contributed by atoms with van der Waals surface area (Å²) in [7, 11) is 1.84. The molecule has 1 aliphatic rings. The van der Waals surface area contributed by atoms with E-state index >= 15 is 0 Å². The minimum absolute atomic E-state index is 0.00255. The van der Waals surface area contributed by atoms with Crippen molar-refractivity contribution in [2.45, 2.75) is 6.54 Å². The molecule has 1 fully saturated rings. The number of para-hydroxylation sites is 2. The van der Waals surface area contributed by atoms with Crippen LogP contribution in [0.4, 0.5) is 8.78 Å². The van der Waals surface area contributed by atoms with Gasteiger partial charge in [0.15, 0.2) is 11.0 Å². The Morgan fingerprint density at radius 3 is 2.29 bits per heavy atom. The molecule has 0 amide bonds. The van der Waals surface area contributed by atoms with Crippen molar-refractivity contribution in [2.75, 3.05) is 0 Å². The molecule has 2 nitrogen and oxygen atoms in total. The second-order valence-corrected chi connectivity index (χ2v) is 5.85. The average Bonchev–Trinajstić information content (AvgIpc) is 3.17. The highest BCUT2D eigenvalue weighted by molar-refractivity contribution is 5.76. The molecular formula is C20H16F2N2+. The topological polar surface area (TPSA) is 8.81 Å². The fraction of sp³-hybridized carbons (Fsp3) is 0.100. The number of imidazole rings is 1. The molecule has 3 aromatic rings. The van der Waals surface area contributed by atoms with Crippen molar-refractivity contribution in [1.82, 2.24) is 4.57 Å². The van der Waals surface area contributed by atoms with Crippen molar-refractivity contribution >= 4 is 11.0 Å². The molecule has 0 saturated heterocycles. The summed E-state index contributed by atoms with van der Waals surface area (Å²) in [6, 6.07) is 11.8. The van der Waals surface area contributed by atoms with Crippen LogP contribution in [-0.4, -0.2) is 4.57 Å². The molecule has 0 spiro atoms. The Kier molecular flexibility index (Phi) is 3.83. The van der Waals surface area contributed by atoms with Crippen LogP contribution in [-0.2, 0) is 13.6 Å². The summed E-state index contributed by atoms with van der Waals surface area (Å²) in [5.74, 6) is 0.497. The zero-order valence-corrected chi connectivity index (χ0v) is 13.2. The molecule has 0 unspecified atom stereocenters. The SMILES string of the molecule is C[n+]1c(-c2c(F)cccc2F)n(C[C]2[CH][CH][CH][CH]2)c2ccccc21. The standard InChI is InChI=1S/C20H16F2N2/c1-23-17-11-4-5-12-18(17)24(13-14-7-2-3-8-14)20(23)19-15(21)9-6-10-16(19)22/h2-12H,13H2,1H3/q+1. The lowest BCUT2D eigenvalue weighted by atomic mass is 10.1. The first-order chi connectivity index (χ1) is 11.7. The molecule has 2 aromatic carbocycles. The maximum Gasteiger partial charge on any atom is 0.295 e. The number of aryl methyl sites for hydroxylation is 1. The number of hydrogen-bond donors (Lipinski definition) is 0. The van der Waals surface area contributed by atoms with E-state index in [1.54, 1.807) is 0 Å². The van der Waals surface area contributed by atoms with Crippen LogP contribution in [0.25, 0.3) is 22.4 Å². The van der Waals surface area contributed by atoms with Crippen LogP contribution in [0.3, 0.4) is 0 Å². The predicted molar refractivity (Wildman–Crippen MR) is 88.9 cm³/mol. The molecule has 0 atom stereocenters. The molecular weight excluding hydrogens is 306 g/mol. The summed E-state index contributed by atoms with van der Waals surface area (Å²) in [5, 5.41) is 0. The van der Waals surface area contributed by atoms with E-state index < -0.39 is 11.6 Å². The normalized spacial score (nSPS) is 15.5. The van der Waals surface area contributed by atoms with E-state index in [0.717, 1.165) is 17.0 Å². The van der Waals surface area contributed by atoms with E-state index in [1.165, 1.54) is 18.2 Å². The Morgan fingerprint density at radius 1 is 0.917 bits per heavy atom. The van der Waals surface area contributed by atoms with Crippen LogP contribution >= 0.6 is 0 Å². The average molecular weight is 322 g/mol. The van der Waals surface area contributed by atoms with E-state index in [2.05, 4.69) is 0 Å². The molecule has 119 valence electrons. The highest BCUT2D eigenvalue weighted by Crippen LogP contribution is 2.31. The minimum atomic E-state index is -0.558. The van der Waals surface area contributed by atoms with Gasteiger partial charge in [0.05, 0.1) is 13.6 Å². The van der Waals surface area contributed by atoms with Crippen molar-refractivity contribution in [1.29, 1.82) is 0 Å². The number of fused-ring (bicyclic) bond motifs is 1. The minimum Gasteiger partial charge on any atom is -0.225 e. The molecule has 24 heavy (non-hydrogen) atoms. The lowest BCUT2D eigenvalue weighted by Gasteiger charge is -2.09. The summed E-state index contributed by atoms with van der Waals surface area (Å²) in [6.45, 7) is 0.553. The molecule has 1 aliphatic carbocycles. The number of nitrogens with zero attached hydrogens (tertiary/aromatic N) is 2. The molecule has 0 N–H and O–H groups in total. The van der Waals surface area contributed by atoms with Gasteiger partial charge in [-0.3, -0.25) is 0 Å². The Hall–Kier alpha value is -2.23. The zero-order chi connectivity index (χ0) is 16.7. The molecule has 0 bridgehead atoms. The predicted octanol–water partition coefficient (Wildman–Crippen LogP) is 3.82. The van der Waals surface area contributed by atoms with Gasteiger partial charge in [-0.15, -0.1) is 0 Å². The van der Waals surface area contributed by atoms with E-state index in [4.69, 9.17) is 0 Å². The Morgan fingerprint density at radius 2 is 1.58 bits per heavy atom. The van der Waals surface area contributed by atoms with Crippen molar-refractivity contribution in [3.63, 3.8) is 0 Å². The van der Waals surface area contributed by atoms with Gasteiger partial charge in [-0.25, -0.2) is 17.9 Å². The highest BCUT2D eigenvalue weighted by atomic mass is 19.1. The van der Waals surface area contributed by atoms with Crippen LogP contribution in [0.5, 0.6) is 0 Å². The van der Waals surface area contributed by atoms with Gasteiger partial charge in [-0.2, -0.15) is 0 Å². The van der Waals surface area contributed by atoms with Gasteiger partial charge in [-0.05, 0) is 49.9 Å². The Labute approximate surface area is 140 Å². The van der Waals surface area contributed by atoms with E-state index in [-0.39, 0.29) is 5.56 Å². The van der Waals surface area contributed by atoms with E-state index in [0.29, 0.717) is 12.4 Å². The van der Waals surface area contributed by atoms with Gasteiger partial charge in [0.1, 0.15) is 17.2 Å². The van der Waals surface area contributed by atoms with Gasteiger partial charge in [0.2, 0.25) is 0 Å². The zero-order valence-electron chi connectivity index (χ0n) is 13.2. The number of halogens is 2. The summed E-state index contributed by atoms with van der Waals surface area (Å²) in [4.78, 5) is 0. The second kappa shape index (κ2) is 6.00. The highest BCUT2D eigenvalue weighted by Gasteiger charge is 2.31. The maximum absolute atomic E-state index is 14.4. The summed E-state index contributed by atoms with van der Waals surface area (Å²) >= 11 is 0. The number of benzene rings is 2. The van der Waals surface area contributed by atoms with Gasteiger partial charge < -0.3 is 0 Å². The molecule has 1 aromatic heterocycles. The van der Waals surface area contributed by atoms with Crippen molar-refractivity contribution < 1.29 is 13.3 Å². The summed E-state index contributed by atoms with van der Waals surface area (Å²) < 4.78 is 32.7. The second-order valence-electron chi connectivity index (χ2n) is 5.85. The van der Waals surface area contributed by atoms with Gasteiger partial charge in [-0.1, -0.05) is 18.2 Å². The quantitative estimate of drug-likeness (QED) is 0.648. The third-order valence-electron chi connectivity index (χ3n) is 4.37. The van der Waals surface area contributed by atoms with Crippen LogP contribution in [0.1, 0.15) is 0 Å². The fourth-order valence-electron chi connectivity index (χ4n) is 3.26. The molecule has 5 radical (unpaired) electrons. The Bertz CT molecular complexity index is 872. The monoisotopic (exact) mass is 322 g/mol. The van der Waals surface area contributed by atoms with Crippen LogP contribution in [0.2, 0.25) is 0 Å². The summed E-state index contributed by atoms with van der Waals surface area (Å²) in [5.41, 5.74) is 1.88. The van der Waals surface area contributed by atoms with Crippen molar-refractivity contribution in [3.05, 3.63) is 85.7 Å². The van der Waals surface area contributed by atoms with Crippen molar-refractivity contribution in [2.24, 2.45) is 7.05 Å². The first-order valence-electron chi connectivity index (χ1n) is 7.79. The van der Waals surface area contributed by atoms with Crippen LogP contribution < -0.4 is 4.57 Å². The van der Waals surface area contributed by atoms with Gasteiger partial charge in [0.25, 0.3) is 5.82 Å². The molecule has 0 aliphatic heterocycles. The third kappa shape index (κ3) is 2.41. The molecule has 1 saturated carbocycles. The van der Waals surface area contributed by atoms with Crippen LogP contribution in [0.15, 0.2) is 42.5 Å². The largest absolute Gasteiger partial charge is 0.295 e. The smallest absolute Gasteiger partial charge is 0.225 e. The third-order valence-corrected chi connectivity index (χ3v) is 4.37. The fourth-order valence-corrected chi connectivity index (χ4v) is 3.26. The van der Waals surface area contributed by atoms with E-state index in [1.807, 2.05) is 66.1 Å². The number of rotatable bonds is 3. The molecule has 4 rings (SSSR count). The first kappa shape index (κ1) is 15.3. The maximum atomic E-state index is 14.4. The first-order valence-corrected chi connectivity index (χ1v) is 7.79. The lowest BCUT2D eigenvalue weighted by molar-refractivity contribution is -0.634. The molecule has 1 heterocycles. The number of aromatic nitrogens is 2. The lowest BCUT2D eigenvalue weighted by Crippen LogP contribution is -2.31. The van der Waals surface area contributed by atoms with Gasteiger partial charge >= 0.3 is 0 Å². The van der Waals surface area contributed by atoms with Gasteiger partial charge in [0, 0.05) is 5.92 Å². The summed E-state index contributed by atoms with van der Waals surface area (Å²) in [6.07, 6.45) is 7.95. The number of hydrogen-bond acceptors (Lipinski definition) is 0. The Balaban J connectivity index is 1.98.